The highest BCUT2D eigenvalue weighted by atomic mass is 35.5. The van der Waals surface area contributed by atoms with Crippen LogP contribution in [-0.2, 0) is 4.79 Å². The van der Waals surface area contributed by atoms with Crippen LogP contribution in [0.4, 0.5) is 33.3 Å². The van der Waals surface area contributed by atoms with E-state index in [0.717, 1.165) is 51.8 Å². The van der Waals surface area contributed by atoms with Crippen LogP contribution < -0.4 is 5.73 Å². The van der Waals surface area contributed by atoms with Gasteiger partial charge in [-0.25, -0.2) is 31.6 Å². The van der Waals surface area contributed by atoms with Crippen LogP contribution in [0.1, 0.15) is 96.9 Å². The summed E-state index contributed by atoms with van der Waals surface area (Å²) in [6, 6.07) is 51.0. The van der Waals surface area contributed by atoms with Gasteiger partial charge in [-0.3, -0.25) is 4.79 Å². The molecule has 9 rings (SSSR count). The van der Waals surface area contributed by atoms with E-state index in [9.17, 15) is 26.7 Å². The van der Waals surface area contributed by atoms with Crippen LogP contribution in [0.5, 0.6) is 0 Å². The van der Waals surface area contributed by atoms with Crippen molar-refractivity contribution in [2.75, 3.05) is 0 Å². The Bertz CT molecular complexity index is 3840. The number of amidine groups is 1. The van der Waals surface area contributed by atoms with Crippen molar-refractivity contribution < 1.29 is 36.5 Å². The quantitative estimate of drug-likeness (QED) is 0.0250. The normalized spacial score (nSPS) is 10.4. The summed E-state index contributed by atoms with van der Waals surface area (Å²) in [5.41, 5.74) is 13.5. The summed E-state index contributed by atoms with van der Waals surface area (Å²) in [7, 11) is 0. The number of nitrogens with two attached hydrogens (primary N) is 1. The first-order chi connectivity index (χ1) is 40.9. The SMILES string of the molecule is C#Cc1ccc(F)cc1.CCC(C)C(=O)Cl.CCC(C)c1nc(-c2ccc(C#Cc3ccc(F)cc3)cc2)no1.N/C(=N\O)c1ccc(C#Cc2ccc(F)cc2)cc1.[C-]#[N+]c1ccc(C#Cc2ccc(F)cc2)cc1.[C-]#[N+]c1ccc(F)cc1. The van der Waals surface area contributed by atoms with E-state index in [4.69, 9.17) is 46.6 Å². The molecule has 0 amide bonds. The summed E-state index contributed by atoms with van der Waals surface area (Å²) in [6.45, 7) is 21.2. The van der Waals surface area contributed by atoms with Crippen LogP contribution >= 0.6 is 11.6 Å². The Kier molecular flexibility index (Phi) is 28.5. The third kappa shape index (κ3) is 25.1. The molecule has 1 heterocycles. The second-order valence-corrected chi connectivity index (χ2v) is 18.1. The first-order valence-corrected chi connectivity index (χ1v) is 26.2. The van der Waals surface area contributed by atoms with E-state index in [2.05, 4.69) is 80.3 Å². The zero-order valence-electron chi connectivity index (χ0n) is 46.5. The number of nitrogens with zero attached hydrogens (tertiary/aromatic N) is 5. The van der Waals surface area contributed by atoms with Crippen LogP contribution in [0.25, 0.3) is 21.1 Å². The molecular formula is C70H54ClF5N6O3. The van der Waals surface area contributed by atoms with Gasteiger partial charge >= 0.3 is 0 Å². The number of oxime groups is 1. The lowest BCUT2D eigenvalue weighted by Crippen LogP contribution is -2.12. The van der Waals surface area contributed by atoms with Crippen LogP contribution in [0.2, 0.25) is 0 Å². The van der Waals surface area contributed by atoms with Crippen LogP contribution in [-0.4, -0.2) is 26.4 Å². The molecule has 0 bridgehead atoms. The second-order valence-electron chi connectivity index (χ2n) is 17.7. The summed E-state index contributed by atoms with van der Waals surface area (Å²) >= 11 is 5.09. The maximum absolute atomic E-state index is 12.9. The van der Waals surface area contributed by atoms with Gasteiger partial charge in [-0.1, -0.05) is 116 Å². The average Bonchev–Trinajstić information content (AvgIpc) is 4.16. The first-order valence-electron chi connectivity index (χ1n) is 25.8. The Morgan fingerprint density at radius 3 is 1.15 bits per heavy atom. The van der Waals surface area contributed by atoms with Gasteiger partial charge in [-0.15, -0.1) is 6.42 Å². The standard InChI is InChI=1S/C20H17FN2O.C15H11FN2O.C15H8FN.C8H5F.C7H4FN.C5H9ClO/c1-3-14(2)20-22-19(23-24-20)17-10-6-15(7-11-17)4-5-16-8-12-18(21)13-9-16;16-14-9-5-12(6-10-14)2-1-11-3-7-13(8-4-11)15(17)18-19;1-17-15-10-6-13(7-11-15)3-2-12-4-8-14(16)9-5-12;1-2-7-3-5-8(9)6-4-7;1-9-7-4-2-6(8)3-5-7;1-3-4(2)5(6)7/h6-14H,3H2,1-2H3;3-10,19H,(H2,17,18);4-11H;1,3-6H;2-5H;4H,3H2,1-2H3. The molecule has 2 atom stereocenters. The van der Waals surface area contributed by atoms with E-state index in [1.54, 1.807) is 97.1 Å². The molecule has 424 valence electrons. The number of carbonyl (C=O) groups is 1. The van der Waals surface area contributed by atoms with E-state index in [1.807, 2.05) is 38.1 Å². The highest BCUT2D eigenvalue weighted by Crippen LogP contribution is 2.22. The third-order valence-corrected chi connectivity index (χ3v) is 11.8. The Balaban J connectivity index is 0.000000230. The highest BCUT2D eigenvalue weighted by Gasteiger charge is 2.13. The second kappa shape index (κ2) is 36.4. The average molecular weight is 1160 g/mol. The van der Waals surface area contributed by atoms with Gasteiger partial charge < -0.3 is 15.5 Å². The number of hydrogen-bond donors (Lipinski definition) is 2. The predicted octanol–water partition coefficient (Wildman–Crippen LogP) is 16.9. The number of carbonyl (C=O) groups excluding carboxylic acids is 1. The minimum absolute atomic E-state index is 0.0293. The molecular weight excluding hydrogens is 1100 g/mol. The molecule has 8 aromatic carbocycles. The number of terminal acetylenes is 1. The Labute approximate surface area is 497 Å². The van der Waals surface area contributed by atoms with Gasteiger partial charge in [0.1, 0.15) is 29.1 Å². The molecule has 9 aromatic rings. The van der Waals surface area contributed by atoms with Gasteiger partial charge in [0, 0.05) is 61.9 Å². The molecule has 0 fully saturated rings. The molecule has 0 saturated heterocycles. The fourth-order valence-electron chi connectivity index (χ4n) is 6.09. The summed E-state index contributed by atoms with van der Waals surface area (Å²) < 4.78 is 67.8. The number of hydrogen-bond acceptors (Lipinski definition) is 6. The lowest BCUT2D eigenvalue weighted by molar-refractivity contribution is -0.114. The van der Waals surface area contributed by atoms with Gasteiger partial charge in [-0.2, -0.15) is 4.98 Å². The third-order valence-electron chi connectivity index (χ3n) is 11.5. The minimum atomic E-state index is -0.303. The Morgan fingerprint density at radius 2 is 0.859 bits per heavy atom. The number of benzene rings is 8. The van der Waals surface area contributed by atoms with Gasteiger partial charge in [0.25, 0.3) is 0 Å². The molecule has 3 N–H and O–H groups in total. The summed E-state index contributed by atoms with van der Waals surface area (Å²) in [6.07, 6.45) is 6.82. The lowest BCUT2D eigenvalue weighted by atomic mass is 10.1. The van der Waals surface area contributed by atoms with Gasteiger partial charge in [0.15, 0.2) is 17.2 Å². The smallest absolute Gasteiger partial charge is 0.229 e. The Hall–Kier alpha value is -11.0. The molecule has 2 unspecified atom stereocenters. The molecule has 0 aliphatic carbocycles. The summed E-state index contributed by atoms with van der Waals surface area (Å²) in [5, 5.41) is 15.2. The van der Waals surface area contributed by atoms with Gasteiger partial charge in [0.05, 0.1) is 13.1 Å². The molecule has 0 aliphatic heterocycles. The van der Waals surface area contributed by atoms with Crippen molar-refractivity contribution in [1.29, 1.82) is 0 Å². The molecule has 15 heteroatoms. The number of halogens is 6. The summed E-state index contributed by atoms with van der Waals surface area (Å²) in [4.78, 5) is 21.0. The van der Waals surface area contributed by atoms with Crippen molar-refractivity contribution in [1.82, 2.24) is 10.1 Å². The van der Waals surface area contributed by atoms with E-state index >= 15 is 0 Å². The zero-order valence-corrected chi connectivity index (χ0v) is 47.2. The van der Waals surface area contributed by atoms with Crippen molar-refractivity contribution >= 4 is 34.1 Å². The van der Waals surface area contributed by atoms with E-state index < -0.39 is 0 Å². The van der Waals surface area contributed by atoms with Crippen molar-refractivity contribution in [3.8, 4) is 59.3 Å². The molecule has 9 nitrogen and oxygen atoms in total. The van der Waals surface area contributed by atoms with Crippen molar-refractivity contribution in [2.24, 2.45) is 16.8 Å². The Morgan fingerprint density at radius 1 is 0.553 bits per heavy atom. The maximum atomic E-state index is 12.9. The highest BCUT2D eigenvalue weighted by molar-refractivity contribution is 6.63. The summed E-state index contributed by atoms with van der Waals surface area (Å²) in [5.74, 6) is 20.4. The fourth-order valence-corrected chi connectivity index (χ4v) is 6.24. The van der Waals surface area contributed by atoms with Crippen molar-refractivity contribution in [3.05, 3.63) is 296 Å². The van der Waals surface area contributed by atoms with Crippen LogP contribution in [0, 0.1) is 96.0 Å². The van der Waals surface area contributed by atoms with Crippen LogP contribution in [0.15, 0.2) is 204 Å². The van der Waals surface area contributed by atoms with Gasteiger partial charge in [-0.05, 0) is 182 Å². The van der Waals surface area contributed by atoms with E-state index in [-0.39, 0.29) is 52.0 Å². The number of rotatable bonds is 6. The zero-order chi connectivity index (χ0) is 61.9. The predicted molar refractivity (Wildman–Crippen MR) is 325 cm³/mol. The van der Waals surface area contributed by atoms with Crippen LogP contribution in [0.3, 0.4) is 0 Å². The fraction of sp³-hybridized carbons (Fsp3) is 0.114. The topological polar surface area (TPSA) is 123 Å². The molecule has 0 saturated carbocycles. The van der Waals surface area contributed by atoms with E-state index in [0.29, 0.717) is 34.2 Å². The molecule has 85 heavy (non-hydrogen) atoms. The molecule has 1 aromatic heterocycles. The lowest BCUT2D eigenvalue weighted by Gasteiger charge is -1.98. The first kappa shape index (κ1) is 66.5. The monoisotopic (exact) mass is 1160 g/mol. The van der Waals surface area contributed by atoms with E-state index in [1.165, 1.54) is 72.8 Å². The largest absolute Gasteiger partial charge is 0.409 e. The maximum Gasteiger partial charge on any atom is 0.229 e. The molecule has 0 spiro atoms. The molecule has 0 radical (unpaired) electrons. The van der Waals surface area contributed by atoms with Crippen molar-refractivity contribution in [2.45, 2.75) is 46.5 Å². The molecule has 0 aliphatic rings. The van der Waals surface area contributed by atoms with Gasteiger partial charge in [0.2, 0.25) is 17.0 Å². The van der Waals surface area contributed by atoms with Crippen molar-refractivity contribution in [3.63, 3.8) is 0 Å². The number of aromatic nitrogens is 2. The minimum Gasteiger partial charge on any atom is -0.409 e.